The fourth-order valence-electron chi connectivity index (χ4n) is 3.95. The van der Waals surface area contributed by atoms with Crippen LogP contribution < -0.4 is 5.32 Å². The number of aliphatic hydroxyl groups is 1. The second-order valence-electron chi connectivity index (χ2n) is 6.76. The summed E-state index contributed by atoms with van der Waals surface area (Å²) < 4.78 is 8.08. The molecule has 138 valence electrons. The molecule has 2 saturated heterocycles. The van der Waals surface area contributed by atoms with Gasteiger partial charge in [0, 0.05) is 37.8 Å². The highest BCUT2D eigenvalue weighted by Gasteiger charge is 2.40. The molecular formula is C19H24N4O2S. The summed E-state index contributed by atoms with van der Waals surface area (Å²) in [6.45, 7) is 2.24. The van der Waals surface area contributed by atoms with E-state index in [0.717, 1.165) is 37.4 Å². The molecule has 26 heavy (non-hydrogen) atoms. The maximum Gasteiger partial charge on any atom is 0.170 e. The minimum absolute atomic E-state index is 0.0130. The molecule has 0 unspecified atom stereocenters. The summed E-state index contributed by atoms with van der Waals surface area (Å²) in [4.78, 5) is 6.60. The van der Waals surface area contributed by atoms with Gasteiger partial charge in [0.15, 0.2) is 5.11 Å². The van der Waals surface area contributed by atoms with Crippen LogP contribution in [-0.2, 0) is 11.3 Å². The van der Waals surface area contributed by atoms with Gasteiger partial charge in [0.1, 0.15) is 0 Å². The Morgan fingerprint density at radius 2 is 2.23 bits per heavy atom. The van der Waals surface area contributed by atoms with Crippen LogP contribution in [0.4, 0.5) is 0 Å². The second kappa shape index (κ2) is 7.73. The SMILES string of the molecule is OCCN1C(=S)N[C@@H](c2ccccn2)[C@H]1c1cccn1C[C@@H]1CCCO1. The van der Waals surface area contributed by atoms with E-state index < -0.39 is 0 Å². The first-order chi connectivity index (χ1) is 12.8. The number of β-amino-alcohol motifs (C(OH)–C–C–N with tert-alkyl or cyclic N) is 1. The van der Waals surface area contributed by atoms with Crippen LogP contribution in [0.3, 0.4) is 0 Å². The van der Waals surface area contributed by atoms with Crippen molar-refractivity contribution in [3.05, 3.63) is 54.1 Å². The molecule has 6 nitrogen and oxygen atoms in total. The Bertz CT molecular complexity index is 745. The van der Waals surface area contributed by atoms with E-state index in [9.17, 15) is 5.11 Å². The van der Waals surface area contributed by atoms with Gasteiger partial charge in [-0.05, 0) is 49.3 Å². The summed E-state index contributed by atoms with van der Waals surface area (Å²) in [5.41, 5.74) is 2.11. The van der Waals surface area contributed by atoms with Gasteiger partial charge in [0.25, 0.3) is 0 Å². The number of aromatic nitrogens is 2. The first-order valence-corrected chi connectivity index (χ1v) is 9.54. The molecule has 2 aliphatic heterocycles. The lowest BCUT2D eigenvalue weighted by atomic mass is 10.0. The molecule has 2 aromatic heterocycles. The van der Waals surface area contributed by atoms with E-state index in [1.807, 2.05) is 18.2 Å². The zero-order valence-electron chi connectivity index (χ0n) is 14.6. The number of hydrogen-bond acceptors (Lipinski definition) is 4. The number of pyridine rings is 1. The van der Waals surface area contributed by atoms with E-state index in [2.05, 4.69) is 38.1 Å². The van der Waals surface area contributed by atoms with Crippen molar-refractivity contribution in [2.75, 3.05) is 19.8 Å². The molecule has 2 fully saturated rings. The highest BCUT2D eigenvalue weighted by Crippen LogP contribution is 2.38. The number of aliphatic hydroxyl groups excluding tert-OH is 1. The molecule has 2 aromatic rings. The van der Waals surface area contributed by atoms with Crippen molar-refractivity contribution < 1.29 is 9.84 Å². The monoisotopic (exact) mass is 372 g/mol. The van der Waals surface area contributed by atoms with Crippen molar-refractivity contribution in [3.63, 3.8) is 0 Å². The maximum absolute atomic E-state index is 9.54. The Hall–Kier alpha value is -1.96. The van der Waals surface area contributed by atoms with Crippen molar-refractivity contribution in [1.29, 1.82) is 0 Å². The van der Waals surface area contributed by atoms with Crippen LogP contribution in [0.5, 0.6) is 0 Å². The van der Waals surface area contributed by atoms with Crippen molar-refractivity contribution in [1.82, 2.24) is 19.8 Å². The Balaban J connectivity index is 1.68. The summed E-state index contributed by atoms with van der Waals surface area (Å²) in [5, 5.41) is 13.6. The van der Waals surface area contributed by atoms with Crippen LogP contribution in [0.25, 0.3) is 0 Å². The summed E-state index contributed by atoms with van der Waals surface area (Å²) in [7, 11) is 0. The van der Waals surface area contributed by atoms with Gasteiger partial charge in [0.2, 0.25) is 0 Å². The van der Waals surface area contributed by atoms with Crippen LogP contribution in [0, 0.1) is 0 Å². The van der Waals surface area contributed by atoms with Crippen molar-refractivity contribution in [2.24, 2.45) is 0 Å². The second-order valence-corrected chi connectivity index (χ2v) is 7.15. The molecule has 0 saturated carbocycles. The number of hydrogen-bond donors (Lipinski definition) is 2. The summed E-state index contributed by atoms with van der Waals surface area (Å²) in [5.74, 6) is 0. The quantitative estimate of drug-likeness (QED) is 0.757. The van der Waals surface area contributed by atoms with Gasteiger partial charge < -0.3 is 24.6 Å². The number of rotatable bonds is 6. The highest BCUT2D eigenvalue weighted by molar-refractivity contribution is 7.80. The van der Waals surface area contributed by atoms with E-state index in [1.165, 1.54) is 0 Å². The van der Waals surface area contributed by atoms with Gasteiger partial charge in [-0.2, -0.15) is 0 Å². The van der Waals surface area contributed by atoms with Gasteiger partial charge in [-0.3, -0.25) is 4.98 Å². The zero-order chi connectivity index (χ0) is 17.9. The van der Waals surface area contributed by atoms with E-state index in [-0.39, 0.29) is 24.8 Å². The van der Waals surface area contributed by atoms with Crippen LogP contribution in [0.15, 0.2) is 42.7 Å². The van der Waals surface area contributed by atoms with E-state index in [0.29, 0.717) is 11.7 Å². The van der Waals surface area contributed by atoms with Crippen LogP contribution in [-0.4, -0.2) is 50.5 Å². The molecule has 0 radical (unpaired) electrons. The van der Waals surface area contributed by atoms with Gasteiger partial charge in [-0.25, -0.2) is 0 Å². The molecule has 0 bridgehead atoms. The number of ether oxygens (including phenoxy) is 1. The lowest BCUT2D eigenvalue weighted by molar-refractivity contribution is 0.0951. The molecule has 0 amide bonds. The van der Waals surface area contributed by atoms with Crippen LogP contribution >= 0.6 is 12.2 Å². The van der Waals surface area contributed by atoms with Crippen LogP contribution in [0.1, 0.15) is 36.3 Å². The third kappa shape index (κ3) is 3.34. The fourth-order valence-corrected chi connectivity index (χ4v) is 4.28. The third-order valence-electron chi connectivity index (χ3n) is 5.13. The van der Waals surface area contributed by atoms with E-state index in [1.54, 1.807) is 6.20 Å². The standard InChI is InChI=1S/C19H24N4O2S/c24-11-10-23-18(17(21-19(23)26)15-6-1-2-8-20-15)16-7-3-9-22(16)13-14-5-4-12-25-14/h1-3,6-9,14,17-18,24H,4-5,10-13H2,(H,21,26)/t14-,17-,18+/m0/s1. The maximum atomic E-state index is 9.54. The summed E-state index contributed by atoms with van der Waals surface area (Å²) in [6.07, 6.45) is 6.40. The molecular weight excluding hydrogens is 348 g/mol. The molecule has 4 rings (SSSR count). The Kier molecular flexibility index (Phi) is 5.19. The molecule has 2 aliphatic rings. The zero-order valence-corrected chi connectivity index (χ0v) is 15.4. The predicted octanol–water partition coefficient (Wildman–Crippen LogP) is 2.03. The first-order valence-electron chi connectivity index (χ1n) is 9.13. The Labute approximate surface area is 158 Å². The lowest BCUT2D eigenvalue weighted by Gasteiger charge is -2.28. The molecule has 3 atom stereocenters. The number of nitrogens with zero attached hydrogens (tertiary/aromatic N) is 3. The molecule has 4 heterocycles. The highest BCUT2D eigenvalue weighted by atomic mass is 32.1. The van der Waals surface area contributed by atoms with E-state index in [4.69, 9.17) is 17.0 Å². The molecule has 7 heteroatoms. The normalized spacial score (nSPS) is 25.7. The smallest absolute Gasteiger partial charge is 0.170 e. The average molecular weight is 372 g/mol. The molecule has 0 aliphatic carbocycles. The molecule has 0 aromatic carbocycles. The summed E-state index contributed by atoms with van der Waals surface area (Å²) >= 11 is 5.56. The lowest BCUT2D eigenvalue weighted by Crippen LogP contribution is -2.33. The Morgan fingerprint density at radius 3 is 2.96 bits per heavy atom. The van der Waals surface area contributed by atoms with Gasteiger partial charge in [-0.1, -0.05) is 6.07 Å². The third-order valence-corrected chi connectivity index (χ3v) is 5.48. The minimum atomic E-state index is -0.0478. The first kappa shape index (κ1) is 17.5. The minimum Gasteiger partial charge on any atom is -0.395 e. The van der Waals surface area contributed by atoms with Gasteiger partial charge >= 0.3 is 0 Å². The largest absolute Gasteiger partial charge is 0.395 e. The Morgan fingerprint density at radius 1 is 1.31 bits per heavy atom. The van der Waals surface area contributed by atoms with E-state index >= 15 is 0 Å². The van der Waals surface area contributed by atoms with Crippen LogP contribution in [0.2, 0.25) is 0 Å². The fraction of sp³-hybridized carbons (Fsp3) is 0.474. The molecule has 2 N–H and O–H groups in total. The summed E-state index contributed by atoms with van der Waals surface area (Å²) in [6, 6.07) is 10.1. The topological polar surface area (TPSA) is 62.5 Å². The van der Waals surface area contributed by atoms with Crippen molar-refractivity contribution in [2.45, 2.75) is 37.6 Å². The predicted molar refractivity (Wildman–Crippen MR) is 103 cm³/mol. The van der Waals surface area contributed by atoms with Gasteiger partial charge in [-0.15, -0.1) is 0 Å². The average Bonchev–Trinajstić information content (AvgIpc) is 3.39. The van der Waals surface area contributed by atoms with Crippen molar-refractivity contribution in [3.8, 4) is 0 Å². The number of thiocarbonyl (C=S) groups is 1. The molecule has 0 spiro atoms. The number of nitrogens with one attached hydrogen (secondary N) is 1. The van der Waals surface area contributed by atoms with Gasteiger partial charge in [0.05, 0.1) is 30.5 Å². The van der Waals surface area contributed by atoms with Crippen molar-refractivity contribution >= 4 is 17.3 Å².